The minimum atomic E-state index is -1.49. The molecule has 2 amide bonds. The van der Waals surface area contributed by atoms with Gasteiger partial charge >= 0.3 is 6.09 Å². The SMILES string of the molecule is O=C(NC1NCCN(C(=O)O)C1(C(=O)c1ccccc1)N1CCCC1)C1CC1. The molecular formula is C20H26N4O4. The van der Waals surface area contributed by atoms with Gasteiger partial charge in [-0.15, -0.1) is 0 Å². The van der Waals surface area contributed by atoms with Crippen LogP contribution >= 0.6 is 0 Å². The van der Waals surface area contributed by atoms with Crippen LogP contribution in [0.4, 0.5) is 4.79 Å². The molecule has 1 saturated carbocycles. The minimum Gasteiger partial charge on any atom is -0.465 e. The number of hydrogen-bond acceptors (Lipinski definition) is 5. The summed E-state index contributed by atoms with van der Waals surface area (Å²) in [5.41, 5.74) is -1.05. The number of likely N-dealkylation sites (tertiary alicyclic amines) is 1. The van der Waals surface area contributed by atoms with Gasteiger partial charge in [-0.3, -0.25) is 24.7 Å². The Morgan fingerprint density at radius 1 is 1.07 bits per heavy atom. The van der Waals surface area contributed by atoms with Crippen molar-refractivity contribution < 1.29 is 19.5 Å². The average molecular weight is 386 g/mol. The Morgan fingerprint density at radius 3 is 2.36 bits per heavy atom. The number of ketones is 1. The summed E-state index contributed by atoms with van der Waals surface area (Å²) < 4.78 is 0. The van der Waals surface area contributed by atoms with Crippen molar-refractivity contribution in [3.05, 3.63) is 35.9 Å². The van der Waals surface area contributed by atoms with Gasteiger partial charge in [0, 0.05) is 37.7 Å². The van der Waals surface area contributed by atoms with Crippen LogP contribution in [0.1, 0.15) is 36.0 Å². The fourth-order valence-corrected chi connectivity index (χ4v) is 4.40. The van der Waals surface area contributed by atoms with Crippen LogP contribution in [0.5, 0.6) is 0 Å². The van der Waals surface area contributed by atoms with E-state index in [0.717, 1.165) is 25.7 Å². The molecule has 0 aromatic heterocycles. The summed E-state index contributed by atoms with van der Waals surface area (Å²) in [7, 11) is 0. The van der Waals surface area contributed by atoms with Crippen molar-refractivity contribution in [3.8, 4) is 0 Å². The number of piperazine rings is 1. The smallest absolute Gasteiger partial charge is 0.409 e. The summed E-state index contributed by atoms with van der Waals surface area (Å²) in [5, 5.41) is 16.2. The number of hydrogen-bond donors (Lipinski definition) is 3. The molecule has 8 nitrogen and oxygen atoms in total. The van der Waals surface area contributed by atoms with E-state index < -0.39 is 17.9 Å². The van der Waals surface area contributed by atoms with Gasteiger partial charge in [-0.05, 0) is 25.7 Å². The first-order chi connectivity index (χ1) is 13.5. The molecule has 0 radical (unpaired) electrons. The van der Waals surface area contributed by atoms with Gasteiger partial charge in [0.1, 0.15) is 6.17 Å². The van der Waals surface area contributed by atoms with Gasteiger partial charge in [0.05, 0.1) is 0 Å². The van der Waals surface area contributed by atoms with Gasteiger partial charge < -0.3 is 10.4 Å². The molecule has 150 valence electrons. The largest absolute Gasteiger partial charge is 0.465 e. The molecule has 4 rings (SSSR count). The average Bonchev–Trinajstić information content (AvgIpc) is 3.42. The number of carbonyl (C=O) groups is 3. The maximum absolute atomic E-state index is 13.9. The highest BCUT2D eigenvalue weighted by atomic mass is 16.4. The summed E-state index contributed by atoms with van der Waals surface area (Å²) in [6.45, 7) is 1.78. The second kappa shape index (κ2) is 7.52. The van der Waals surface area contributed by atoms with Gasteiger partial charge in [0.2, 0.25) is 11.7 Å². The van der Waals surface area contributed by atoms with Crippen molar-refractivity contribution in [2.45, 2.75) is 37.5 Å². The maximum atomic E-state index is 13.9. The number of carboxylic acid groups (broad SMARTS) is 1. The van der Waals surface area contributed by atoms with Crippen LogP contribution in [0, 0.1) is 5.92 Å². The van der Waals surface area contributed by atoms with Gasteiger partial charge in [0.15, 0.2) is 5.66 Å². The Kier molecular flexibility index (Phi) is 5.07. The van der Waals surface area contributed by atoms with Gasteiger partial charge in [-0.1, -0.05) is 30.3 Å². The molecule has 3 aliphatic rings. The van der Waals surface area contributed by atoms with Crippen LogP contribution in [-0.4, -0.2) is 70.7 Å². The first kappa shape index (κ1) is 18.9. The standard InChI is InChI=1S/C20H26N4O4/c25-16(14-6-2-1-3-7-14)20(23-11-4-5-12-23)18(22-17(26)15-8-9-15)21-10-13-24(20)19(27)28/h1-3,6-7,15,18,21H,4-5,8-13H2,(H,22,26)(H,27,28). The molecule has 2 saturated heterocycles. The molecule has 1 aliphatic carbocycles. The van der Waals surface area contributed by atoms with E-state index in [9.17, 15) is 19.5 Å². The summed E-state index contributed by atoms with van der Waals surface area (Å²) in [4.78, 5) is 41.8. The third-order valence-corrected chi connectivity index (χ3v) is 5.92. The van der Waals surface area contributed by atoms with E-state index in [1.54, 1.807) is 24.3 Å². The molecule has 2 unspecified atom stereocenters. The summed E-state index contributed by atoms with van der Waals surface area (Å²) in [6, 6.07) is 8.76. The van der Waals surface area contributed by atoms with Crippen LogP contribution in [0.2, 0.25) is 0 Å². The van der Waals surface area contributed by atoms with Crippen LogP contribution in [0.25, 0.3) is 0 Å². The normalized spacial score (nSPS) is 28.1. The van der Waals surface area contributed by atoms with E-state index >= 15 is 0 Å². The Labute approximate surface area is 163 Å². The zero-order valence-electron chi connectivity index (χ0n) is 15.8. The zero-order chi connectivity index (χ0) is 19.7. The second-order valence-corrected chi connectivity index (χ2v) is 7.72. The van der Waals surface area contributed by atoms with E-state index in [4.69, 9.17) is 0 Å². The zero-order valence-corrected chi connectivity index (χ0v) is 15.8. The molecule has 3 fully saturated rings. The monoisotopic (exact) mass is 386 g/mol. The molecule has 1 aromatic carbocycles. The number of nitrogens with one attached hydrogen (secondary N) is 2. The van der Waals surface area contributed by atoms with Crippen molar-refractivity contribution in [1.82, 2.24) is 20.4 Å². The highest BCUT2D eigenvalue weighted by molar-refractivity contribution is 6.05. The van der Waals surface area contributed by atoms with Crippen molar-refractivity contribution in [2.75, 3.05) is 26.2 Å². The number of benzene rings is 1. The van der Waals surface area contributed by atoms with E-state index in [1.165, 1.54) is 4.90 Å². The lowest BCUT2D eigenvalue weighted by molar-refractivity contribution is -0.127. The molecule has 2 atom stereocenters. The number of nitrogens with zero attached hydrogens (tertiary/aromatic N) is 2. The minimum absolute atomic E-state index is 0.0369. The molecule has 0 bridgehead atoms. The van der Waals surface area contributed by atoms with Crippen LogP contribution < -0.4 is 10.6 Å². The third-order valence-electron chi connectivity index (χ3n) is 5.92. The summed E-state index contributed by atoms with van der Waals surface area (Å²) in [6.07, 6.45) is 1.51. The summed E-state index contributed by atoms with van der Waals surface area (Å²) >= 11 is 0. The molecule has 3 N–H and O–H groups in total. The van der Waals surface area contributed by atoms with Gasteiger partial charge in [0.25, 0.3) is 0 Å². The highest BCUT2D eigenvalue weighted by Crippen LogP contribution is 2.35. The number of Topliss-reactive ketones (excluding diaryl/α,β-unsaturated/α-hetero) is 1. The molecule has 8 heteroatoms. The molecule has 0 spiro atoms. The first-order valence-electron chi connectivity index (χ1n) is 9.94. The number of amides is 2. The topological polar surface area (TPSA) is 102 Å². The molecule has 28 heavy (non-hydrogen) atoms. The lowest BCUT2D eigenvalue weighted by atomic mass is 9.89. The highest BCUT2D eigenvalue weighted by Gasteiger charge is 2.59. The molecule has 2 heterocycles. The maximum Gasteiger partial charge on any atom is 0.409 e. The fraction of sp³-hybridized carbons (Fsp3) is 0.550. The predicted octanol–water partition coefficient (Wildman–Crippen LogP) is 1.10. The van der Waals surface area contributed by atoms with Crippen LogP contribution in [0.3, 0.4) is 0 Å². The van der Waals surface area contributed by atoms with Crippen molar-refractivity contribution >= 4 is 17.8 Å². The van der Waals surface area contributed by atoms with Crippen molar-refractivity contribution in [3.63, 3.8) is 0 Å². The summed E-state index contributed by atoms with van der Waals surface area (Å²) in [5.74, 6) is -0.454. The Morgan fingerprint density at radius 2 is 1.75 bits per heavy atom. The quantitative estimate of drug-likeness (QED) is 0.655. The van der Waals surface area contributed by atoms with E-state index in [1.807, 2.05) is 11.0 Å². The van der Waals surface area contributed by atoms with E-state index in [-0.39, 0.29) is 24.2 Å². The number of carbonyl (C=O) groups excluding carboxylic acids is 2. The molecule has 2 aliphatic heterocycles. The molecular weight excluding hydrogens is 360 g/mol. The fourth-order valence-electron chi connectivity index (χ4n) is 4.40. The Balaban J connectivity index is 1.81. The number of rotatable bonds is 5. The van der Waals surface area contributed by atoms with Gasteiger partial charge in [-0.25, -0.2) is 4.79 Å². The van der Waals surface area contributed by atoms with Crippen LogP contribution in [-0.2, 0) is 4.79 Å². The van der Waals surface area contributed by atoms with Gasteiger partial charge in [-0.2, -0.15) is 0 Å². The Bertz CT molecular complexity index is 761. The first-order valence-corrected chi connectivity index (χ1v) is 9.94. The Hall–Kier alpha value is -2.45. The van der Waals surface area contributed by atoms with Crippen LogP contribution in [0.15, 0.2) is 30.3 Å². The molecule has 1 aromatic rings. The van der Waals surface area contributed by atoms with E-state index in [2.05, 4.69) is 10.6 Å². The predicted molar refractivity (Wildman–Crippen MR) is 102 cm³/mol. The third kappa shape index (κ3) is 3.16. The lowest BCUT2D eigenvalue weighted by Crippen LogP contribution is -2.81. The lowest BCUT2D eigenvalue weighted by Gasteiger charge is -2.54. The second-order valence-electron chi connectivity index (χ2n) is 7.72. The van der Waals surface area contributed by atoms with E-state index in [0.29, 0.717) is 25.2 Å². The van der Waals surface area contributed by atoms with Crippen molar-refractivity contribution in [1.29, 1.82) is 0 Å². The van der Waals surface area contributed by atoms with Crippen molar-refractivity contribution in [2.24, 2.45) is 5.92 Å².